The largest absolute Gasteiger partial charge is 0.455 e. The van der Waals surface area contributed by atoms with Crippen molar-refractivity contribution in [3.63, 3.8) is 0 Å². The average Bonchev–Trinajstić information content (AvgIpc) is 2.95. The highest BCUT2D eigenvalue weighted by molar-refractivity contribution is 7.20. The Morgan fingerprint density at radius 1 is 1.19 bits per heavy atom. The molecular formula is C16H16N4O5S. The minimum atomic E-state index is -0.638. The summed E-state index contributed by atoms with van der Waals surface area (Å²) in [6.07, 6.45) is 1.39. The normalized spacial score (nSPS) is 11.1. The molecule has 0 spiro atoms. The number of carbonyl (C=O) groups is 1. The quantitative estimate of drug-likeness (QED) is 0.599. The van der Waals surface area contributed by atoms with Gasteiger partial charge in [0.1, 0.15) is 16.3 Å². The maximum Gasteiger partial charge on any atom is 0.349 e. The molecule has 0 bridgehead atoms. The Labute approximate surface area is 150 Å². The molecule has 10 heteroatoms. The summed E-state index contributed by atoms with van der Waals surface area (Å²) in [6.45, 7) is 1.42. The predicted molar refractivity (Wildman–Crippen MR) is 95.6 cm³/mol. The van der Waals surface area contributed by atoms with Gasteiger partial charge in [-0.25, -0.2) is 14.6 Å². The van der Waals surface area contributed by atoms with Gasteiger partial charge in [-0.1, -0.05) is 0 Å². The van der Waals surface area contributed by atoms with Crippen LogP contribution in [0, 0.1) is 6.92 Å². The van der Waals surface area contributed by atoms with E-state index in [0.717, 1.165) is 15.9 Å². The van der Waals surface area contributed by atoms with Crippen LogP contribution in [0.1, 0.15) is 20.9 Å². The summed E-state index contributed by atoms with van der Waals surface area (Å²) in [5.74, 6) is -0.638. The molecule has 136 valence electrons. The van der Waals surface area contributed by atoms with Gasteiger partial charge < -0.3 is 9.30 Å². The molecule has 3 aromatic heterocycles. The molecule has 3 rings (SSSR count). The van der Waals surface area contributed by atoms with Crippen LogP contribution in [0.15, 0.2) is 26.8 Å². The van der Waals surface area contributed by atoms with Crippen molar-refractivity contribution < 1.29 is 9.53 Å². The number of thiophene rings is 1. The molecule has 3 heterocycles. The number of carbonyl (C=O) groups excluding carboxylic acids is 1. The van der Waals surface area contributed by atoms with Crippen molar-refractivity contribution in [2.45, 2.75) is 13.5 Å². The van der Waals surface area contributed by atoms with Crippen molar-refractivity contribution >= 4 is 27.5 Å². The summed E-state index contributed by atoms with van der Waals surface area (Å²) in [4.78, 5) is 53.2. The van der Waals surface area contributed by atoms with Gasteiger partial charge in [0.2, 0.25) is 0 Å². The van der Waals surface area contributed by atoms with Crippen LogP contribution in [-0.4, -0.2) is 24.7 Å². The lowest BCUT2D eigenvalue weighted by atomic mass is 10.2. The average molecular weight is 376 g/mol. The van der Waals surface area contributed by atoms with Crippen LogP contribution in [0.2, 0.25) is 0 Å². The lowest BCUT2D eigenvalue weighted by molar-refractivity contribution is 0.0468. The molecule has 0 atom stereocenters. The molecule has 0 aliphatic rings. The molecule has 0 unspecified atom stereocenters. The maximum atomic E-state index is 12.4. The molecule has 0 N–H and O–H groups in total. The number of ether oxygens (including phenoxy) is 1. The molecule has 0 radical (unpaired) electrons. The fourth-order valence-corrected chi connectivity index (χ4v) is 3.56. The van der Waals surface area contributed by atoms with Gasteiger partial charge in [0.25, 0.3) is 11.1 Å². The van der Waals surface area contributed by atoms with Crippen LogP contribution in [-0.2, 0) is 32.5 Å². The van der Waals surface area contributed by atoms with Gasteiger partial charge in [0, 0.05) is 27.2 Å². The second-order valence-electron chi connectivity index (χ2n) is 5.85. The van der Waals surface area contributed by atoms with Gasteiger partial charge in [-0.3, -0.25) is 18.7 Å². The molecule has 9 nitrogen and oxygen atoms in total. The minimum absolute atomic E-state index is 0.236. The van der Waals surface area contributed by atoms with E-state index in [4.69, 9.17) is 4.74 Å². The number of fused-ring (bicyclic) bond motifs is 1. The van der Waals surface area contributed by atoms with E-state index in [2.05, 4.69) is 4.98 Å². The third-order valence-electron chi connectivity index (χ3n) is 4.17. The van der Waals surface area contributed by atoms with E-state index >= 15 is 0 Å². The van der Waals surface area contributed by atoms with Crippen molar-refractivity contribution in [2.24, 2.45) is 21.1 Å². The number of aromatic nitrogens is 4. The summed E-state index contributed by atoms with van der Waals surface area (Å²) in [5.41, 5.74) is -0.447. The maximum absolute atomic E-state index is 12.4. The Kier molecular flexibility index (Phi) is 4.36. The molecule has 0 saturated heterocycles. The molecule has 26 heavy (non-hydrogen) atoms. The molecule has 0 amide bonds. The Morgan fingerprint density at radius 3 is 2.58 bits per heavy atom. The zero-order valence-electron chi connectivity index (χ0n) is 14.6. The highest BCUT2D eigenvalue weighted by Crippen LogP contribution is 2.27. The van der Waals surface area contributed by atoms with E-state index in [1.54, 1.807) is 14.0 Å². The van der Waals surface area contributed by atoms with Crippen LogP contribution >= 0.6 is 11.3 Å². The molecule has 0 fully saturated rings. The Bertz CT molecular complexity index is 1210. The predicted octanol–water partition coefficient (Wildman–Crippen LogP) is 0.0578. The highest BCUT2D eigenvalue weighted by Gasteiger charge is 2.20. The van der Waals surface area contributed by atoms with Crippen LogP contribution in [0.25, 0.3) is 10.2 Å². The minimum Gasteiger partial charge on any atom is -0.455 e. The third kappa shape index (κ3) is 2.77. The summed E-state index contributed by atoms with van der Waals surface area (Å²) >= 11 is 1.07. The van der Waals surface area contributed by atoms with E-state index in [1.807, 2.05) is 0 Å². The van der Waals surface area contributed by atoms with Crippen LogP contribution in [0.5, 0.6) is 0 Å². The van der Waals surface area contributed by atoms with Gasteiger partial charge in [0.05, 0.1) is 17.4 Å². The van der Waals surface area contributed by atoms with E-state index in [1.165, 1.54) is 35.6 Å². The van der Waals surface area contributed by atoms with E-state index in [-0.39, 0.29) is 22.7 Å². The lowest BCUT2D eigenvalue weighted by Crippen LogP contribution is -2.38. The number of aryl methyl sites for hydroxylation is 2. The van der Waals surface area contributed by atoms with Crippen molar-refractivity contribution in [1.82, 2.24) is 18.7 Å². The van der Waals surface area contributed by atoms with Gasteiger partial charge in [0.15, 0.2) is 0 Å². The lowest BCUT2D eigenvalue weighted by Gasteiger charge is -2.09. The van der Waals surface area contributed by atoms with E-state index in [9.17, 15) is 19.2 Å². The van der Waals surface area contributed by atoms with Gasteiger partial charge in [-0.2, -0.15) is 0 Å². The van der Waals surface area contributed by atoms with Gasteiger partial charge >= 0.3 is 11.7 Å². The number of esters is 1. The first kappa shape index (κ1) is 17.8. The number of hydrogen-bond acceptors (Lipinski definition) is 7. The van der Waals surface area contributed by atoms with Crippen LogP contribution in [0.3, 0.4) is 0 Å². The van der Waals surface area contributed by atoms with Crippen LogP contribution in [0.4, 0.5) is 0 Å². The molecule has 0 saturated carbocycles. The summed E-state index contributed by atoms with van der Waals surface area (Å²) in [6, 6.07) is 1.24. The zero-order valence-corrected chi connectivity index (χ0v) is 15.4. The standard InChI is InChI=1S/C16H16N4O5S/c1-8-11-13(17-7-18(2)14(11)22)26-12(8)15(23)25-6-9-5-10(21)20(4)16(24)19(9)3/h5,7H,6H2,1-4H3. The van der Waals surface area contributed by atoms with E-state index < -0.39 is 17.2 Å². The molecule has 0 aliphatic heterocycles. The van der Waals surface area contributed by atoms with Gasteiger partial charge in [-0.15, -0.1) is 11.3 Å². The second-order valence-corrected chi connectivity index (χ2v) is 6.85. The molecule has 0 aromatic carbocycles. The van der Waals surface area contributed by atoms with E-state index in [0.29, 0.717) is 15.8 Å². The fraction of sp³-hybridized carbons (Fsp3) is 0.312. The SMILES string of the molecule is Cc1c(C(=O)OCc2cc(=O)n(C)c(=O)n2C)sc2ncn(C)c(=O)c12. The summed E-state index contributed by atoms with van der Waals surface area (Å²) in [7, 11) is 4.44. The summed E-state index contributed by atoms with van der Waals surface area (Å²) < 4.78 is 8.79. The second kappa shape index (κ2) is 6.37. The van der Waals surface area contributed by atoms with Crippen LogP contribution < -0.4 is 16.8 Å². The molecule has 0 aliphatic carbocycles. The highest BCUT2D eigenvalue weighted by atomic mass is 32.1. The van der Waals surface area contributed by atoms with Crippen molar-refractivity contribution in [3.8, 4) is 0 Å². The Balaban J connectivity index is 1.93. The summed E-state index contributed by atoms with van der Waals surface area (Å²) in [5, 5.41) is 0.382. The number of hydrogen-bond donors (Lipinski definition) is 0. The first-order chi connectivity index (χ1) is 12.2. The Morgan fingerprint density at radius 2 is 1.88 bits per heavy atom. The first-order valence-electron chi connectivity index (χ1n) is 7.60. The fourth-order valence-electron chi connectivity index (χ4n) is 2.53. The monoisotopic (exact) mass is 376 g/mol. The van der Waals surface area contributed by atoms with Crippen molar-refractivity contribution in [3.05, 3.63) is 59.7 Å². The van der Waals surface area contributed by atoms with Crippen molar-refractivity contribution in [2.75, 3.05) is 0 Å². The number of nitrogens with zero attached hydrogens (tertiary/aromatic N) is 4. The van der Waals surface area contributed by atoms with Gasteiger partial charge in [-0.05, 0) is 12.5 Å². The third-order valence-corrected chi connectivity index (χ3v) is 5.35. The smallest absolute Gasteiger partial charge is 0.349 e. The Hall–Kier alpha value is -3.01. The number of rotatable bonds is 3. The van der Waals surface area contributed by atoms with Crippen molar-refractivity contribution in [1.29, 1.82) is 0 Å². The molecule has 3 aromatic rings. The zero-order chi connectivity index (χ0) is 19.2. The first-order valence-corrected chi connectivity index (χ1v) is 8.41. The molecular weight excluding hydrogens is 360 g/mol. The topological polar surface area (TPSA) is 105 Å².